The molecule has 1 heterocycles. The SMILES string of the molecule is CCc1nnc(C(Cc2ccc(C)cc2)C(=O)O)o1. The van der Waals surface area contributed by atoms with Gasteiger partial charge in [-0.15, -0.1) is 10.2 Å². The van der Waals surface area contributed by atoms with Gasteiger partial charge in [-0.3, -0.25) is 4.79 Å². The molecule has 100 valence electrons. The Morgan fingerprint density at radius 2 is 2.00 bits per heavy atom. The van der Waals surface area contributed by atoms with E-state index in [1.165, 1.54) is 0 Å². The van der Waals surface area contributed by atoms with Crippen LogP contribution in [0.15, 0.2) is 28.7 Å². The Bertz CT molecular complexity index is 560. The van der Waals surface area contributed by atoms with Gasteiger partial charge in [0.1, 0.15) is 5.92 Å². The highest BCUT2D eigenvalue weighted by Crippen LogP contribution is 2.21. The lowest BCUT2D eigenvalue weighted by atomic mass is 9.99. The maximum atomic E-state index is 11.3. The van der Waals surface area contributed by atoms with Crippen LogP contribution in [0.5, 0.6) is 0 Å². The number of benzene rings is 1. The van der Waals surface area contributed by atoms with Crippen LogP contribution < -0.4 is 0 Å². The second-order valence-electron chi connectivity index (χ2n) is 4.47. The minimum atomic E-state index is -0.952. The Morgan fingerprint density at radius 3 is 2.53 bits per heavy atom. The molecule has 0 spiro atoms. The predicted molar refractivity (Wildman–Crippen MR) is 68.9 cm³/mol. The molecule has 0 aliphatic heterocycles. The summed E-state index contributed by atoms with van der Waals surface area (Å²) in [6.07, 6.45) is 0.949. The Labute approximate surface area is 111 Å². The number of aliphatic carboxylic acids is 1. The molecule has 0 fully saturated rings. The van der Waals surface area contributed by atoms with Gasteiger partial charge >= 0.3 is 5.97 Å². The van der Waals surface area contributed by atoms with Gasteiger partial charge in [0.15, 0.2) is 0 Å². The predicted octanol–water partition coefficient (Wildman–Crippen LogP) is 2.35. The summed E-state index contributed by atoms with van der Waals surface area (Å²) < 4.78 is 5.35. The third-order valence-corrected chi connectivity index (χ3v) is 2.94. The normalized spacial score (nSPS) is 12.3. The van der Waals surface area contributed by atoms with Crippen molar-refractivity contribution in [3.63, 3.8) is 0 Å². The summed E-state index contributed by atoms with van der Waals surface area (Å²) in [5.74, 6) is -1.11. The van der Waals surface area contributed by atoms with Gasteiger partial charge in [0.25, 0.3) is 0 Å². The first-order valence-corrected chi connectivity index (χ1v) is 6.20. The molecule has 5 nitrogen and oxygen atoms in total. The number of rotatable bonds is 5. The fourth-order valence-corrected chi connectivity index (χ4v) is 1.79. The molecule has 0 radical (unpaired) electrons. The topological polar surface area (TPSA) is 76.2 Å². The van der Waals surface area contributed by atoms with E-state index in [1.807, 2.05) is 38.1 Å². The van der Waals surface area contributed by atoms with E-state index in [1.54, 1.807) is 0 Å². The number of aromatic nitrogens is 2. The molecule has 1 unspecified atom stereocenters. The second-order valence-corrected chi connectivity index (χ2v) is 4.47. The maximum absolute atomic E-state index is 11.3. The summed E-state index contributed by atoms with van der Waals surface area (Å²) in [6.45, 7) is 3.87. The first-order valence-electron chi connectivity index (χ1n) is 6.20. The minimum absolute atomic E-state index is 0.171. The van der Waals surface area contributed by atoms with Gasteiger partial charge in [-0.2, -0.15) is 0 Å². The molecule has 2 aromatic rings. The lowest BCUT2D eigenvalue weighted by Crippen LogP contribution is -2.15. The summed E-state index contributed by atoms with van der Waals surface area (Å²) in [5, 5.41) is 16.9. The van der Waals surface area contributed by atoms with Gasteiger partial charge in [-0.25, -0.2) is 0 Å². The van der Waals surface area contributed by atoms with Gasteiger partial charge in [-0.05, 0) is 18.9 Å². The van der Waals surface area contributed by atoms with Gasteiger partial charge in [0, 0.05) is 6.42 Å². The van der Waals surface area contributed by atoms with Crippen molar-refractivity contribution >= 4 is 5.97 Å². The van der Waals surface area contributed by atoms with E-state index < -0.39 is 11.9 Å². The molecular weight excluding hydrogens is 244 g/mol. The smallest absolute Gasteiger partial charge is 0.316 e. The average molecular weight is 260 g/mol. The van der Waals surface area contributed by atoms with Crippen molar-refractivity contribution in [1.29, 1.82) is 0 Å². The number of carbonyl (C=O) groups is 1. The van der Waals surface area contributed by atoms with Crippen molar-refractivity contribution < 1.29 is 14.3 Å². The maximum Gasteiger partial charge on any atom is 0.316 e. The number of aryl methyl sites for hydroxylation is 2. The van der Waals surface area contributed by atoms with Gasteiger partial charge in [0.05, 0.1) is 0 Å². The number of carboxylic acids is 1. The van der Waals surface area contributed by atoms with E-state index >= 15 is 0 Å². The molecule has 0 saturated carbocycles. The van der Waals surface area contributed by atoms with Gasteiger partial charge < -0.3 is 9.52 Å². The summed E-state index contributed by atoms with van der Waals surface area (Å²) >= 11 is 0. The molecule has 0 saturated heterocycles. The zero-order chi connectivity index (χ0) is 13.8. The lowest BCUT2D eigenvalue weighted by molar-refractivity contribution is -0.139. The van der Waals surface area contributed by atoms with Crippen molar-refractivity contribution in [3.05, 3.63) is 47.2 Å². The first kappa shape index (κ1) is 13.3. The highest BCUT2D eigenvalue weighted by molar-refractivity contribution is 5.75. The van der Waals surface area contributed by atoms with Crippen LogP contribution in [0.4, 0.5) is 0 Å². The van der Waals surface area contributed by atoms with Crippen molar-refractivity contribution in [2.24, 2.45) is 0 Å². The van der Waals surface area contributed by atoms with Crippen LogP contribution in [-0.2, 0) is 17.6 Å². The standard InChI is InChI=1S/C14H16N2O3/c1-3-12-15-16-13(19-12)11(14(17)18)8-10-6-4-9(2)5-7-10/h4-7,11H,3,8H2,1-2H3,(H,17,18). The van der Waals surface area contributed by atoms with Crippen molar-refractivity contribution in [1.82, 2.24) is 10.2 Å². The van der Waals surface area contributed by atoms with Crippen LogP contribution in [0.2, 0.25) is 0 Å². The van der Waals surface area contributed by atoms with E-state index in [0.717, 1.165) is 11.1 Å². The fourth-order valence-electron chi connectivity index (χ4n) is 1.79. The van der Waals surface area contributed by atoms with Crippen molar-refractivity contribution in [2.45, 2.75) is 32.6 Å². The Morgan fingerprint density at radius 1 is 1.32 bits per heavy atom. The van der Waals surface area contributed by atoms with Crippen LogP contribution in [0.1, 0.15) is 35.7 Å². The minimum Gasteiger partial charge on any atom is -0.481 e. The van der Waals surface area contributed by atoms with E-state index in [2.05, 4.69) is 10.2 Å². The van der Waals surface area contributed by atoms with Gasteiger partial charge in [-0.1, -0.05) is 36.8 Å². The third-order valence-electron chi connectivity index (χ3n) is 2.94. The zero-order valence-corrected chi connectivity index (χ0v) is 11.0. The number of hydrogen-bond acceptors (Lipinski definition) is 4. The molecule has 19 heavy (non-hydrogen) atoms. The molecule has 0 aliphatic carbocycles. The van der Waals surface area contributed by atoms with Gasteiger partial charge in [0.2, 0.25) is 11.8 Å². The fraction of sp³-hybridized carbons (Fsp3) is 0.357. The molecular formula is C14H16N2O3. The van der Waals surface area contributed by atoms with Crippen LogP contribution in [0, 0.1) is 6.92 Å². The lowest BCUT2D eigenvalue weighted by Gasteiger charge is -2.08. The Balaban J connectivity index is 2.21. The van der Waals surface area contributed by atoms with E-state index in [9.17, 15) is 9.90 Å². The highest BCUT2D eigenvalue weighted by atomic mass is 16.4. The number of nitrogens with zero attached hydrogens (tertiary/aromatic N) is 2. The Kier molecular flexibility index (Phi) is 3.94. The molecule has 0 bridgehead atoms. The summed E-state index contributed by atoms with van der Waals surface area (Å²) in [6, 6.07) is 7.75. The number of carboxylic acid groups (broad SMARTS) is 1. The largest absolute Gasteiger partial charge is 0.481 e. The van der Waals surface area contributed by atoms with E-state index in [0.29, 0.717) is 18.7 Å². The van der Waals surface area contributed by atoms with E-state index in [4.69, 9.17) is 4.42 Å². The summed E-state index contributed by atoms with van der Waals surface area (Å²) in [4.78, 5) is 11.3. The number of hydrogen-bond donors (Lipinski definition) is 1. The van der Waals surface area contributed by atoms with Crippen LogP contribution in [-0.4, -0.2) is 21.3 Å². The summed E-state index contributed by atoms with van der Waals surface area (Å²) in [7, 11) is 0. The van der Waals surface area contributed by atoms with Crippen LogP contribution >= 0.6 is 0 Å². The molecule has 1 aromatic carbocycles. The third kappa shape index (κ3) is 3.19. The Hall–Kier alpha value is -2.17. The zero-order valence-electron chi connectivity index (χ0n) is 11.0. The van der Waals surface area contributed by atoms with E-state index in [-0.39, 0.29) is 5.89 Å². The quantitative estimate of drug-likeness (QED) is 0.893. The second kappa shape index (κ2) is 5.65. The molecule has 1 N–H and O–H groups in total. The van der Waals surface area contributed by atoms with Crippen LogP contribution in [0.25, 0.3) is 0 Å². The molecule has 1 aromatic heterocycles. The highest BCUT2D eigenvalue weighted by Gasteiger charge is 2.26. The molecule has 2 rings (SSSR count). The molecule has 5 heteroatoms. The van der Waals surface area contributed by atoms with Crippen molar-refractivity contribution in [2.75, 3.05) is 0 Å². The molecule has 0 amide bonds. The molecule has 1 atom stereocenters. The summed E-state index contributed by atoms with van der Waals surface area (Å²) in [5.41, 5.74) is 2.08. The first-order chi connectivity index (χ1) is 9.10. The average Bonchev–Trinajstić information content (AvgIpc) is 2.86. The monoisotopic (exact) mass is 260 g/mol. The van der Waals surface area contributed by atoms with Crippen LogP contribution in [0.3, 0.4) is 0 Å². The van der Waals surface area contributed by atoms with Crippen molar-refractivity contribution in [3.8, 4) is 0 Å². The molecule has 0 aliphatic rings.